The molecule has 5 N–H and O–H groups in total. The second-order valence-corrected chi connectivity index (χ2v) is 6.96. The fourth-order valence-corrected chi connectivity index (χ4v) is 3.38. The lowest BCUT2D eigenvalue weighted by molar-refractivity contribution is -0.137. The highest BCUT2D eigenvalue weighted by molar-refractivity contribution is 6.06. The van der Waals surface area contributed by atoms with E-state index in [4.69, 9.17) is 11.5 Å². The van der Waals surface area contributed by atoms with Crippen molar-refractivity contribution < 1.29 is 18.0 Å². The summed E-state index contributed by atoms with van der Waals surface area (Å²) in [4.78, 5) is 25.9. The van der Waals surface area contributed by atoms with Gasteiger partial charge in [0.15, 0.2) is 11.6 Å². The third kappa shape index (κ3) is 4.17. The number of nitrogens with one attached hydrogen (secondary N) is 1. The summed E-state index contributed by atoms with van der Waals surface area (Å²) in [6.45, 7) is 0.527. The second-order valence-electron chi connectivity index (χ2n) is 6.96. The Bertz CT molecular complexity index is 1210. The van der Waals surface area contributed by atoms with Crippen molar-refractivity contribution in [1.29, 1.82) is 0 Å². The number of nitrogens with zero attached hydrogens (tertiary/aromatic N) is 4. The number of carbonyl (C=O) groups excluding carboxylic acids is 1. The SMILES string of the molecule is NC(=O)N(c1cccc(C2=Nc3c(N)ncnc3NCC2)c1)c1cccc(C(F)(F)F)c1. The molecule has 0 saturated heterocycles. The highest BCUT2D eigenvalue weighted by Crippen LogP contribution is 2.35. The summed E-state index contributed by atoms with van der Waals surface area (Å²) in [6.07, 6.45) is -2.71. The number of benzene rings is 2. The van der Waals surface area contributed by atoms with Crippen molar-refractivity contribution in [2.24, 2.45) is 10.7 Å². The van der Waals surface area contributed by atoms with Crippen molar-refractivity contribution in [1.82, 2.24) is 9.97 Å². The molecule has 8 nitrogen and oxygen atoms in total. The van der Waals surface area contributed by atoms with Crippen molar-refractivity contribution >= 4 is 40.4 Å². The molecule has 0 spiro atoms. The van der Waals surface area contributed by atoms with Gasteiger partial charge in [-0.05, 0) is 35.9 Å². The van der Waals surface area contributed by atoms with Crippen LogP contribution in [0, 0.1) is 0 Å². The van der Waals surface area contributed by atoms with Crippen LogP contribution >= 0.6 is 0 Å². The molecule has 0 aliphatic carbocycles. The number of anilines is 4. The molecule has 3 aromatic rings. The molecule has 0 saturated carbocycles. The highest BCUT2D eigenvalue weighted by Gasteiger charge is 2.31. The molecule has 2 amide bonds. The largest absolute Gasteiger partial charge is 0.416 e. The Morgan fingerprint density at radius 2 is 1.78 bits per heavy atom. The third-order valence-electron chi connectivity index (χ3n) is 4.84. The lowest BCUT2D eigenvalue weighted by Gasteiger charge is -2.22. The van der Waals surface area contributed by atoms with Crippen LogP contribution in [-0.4, -0.2) is 28.3 Å². The predicted octanol–water partition coefficient (Wildman–Crippen LogP) is 4.23. The maximum absolute atomic E-state index is 13.2. The molecule has 0 bridgehead atoms. The normalized spacial score (nSPS) is 13.4. The molecule has 0 unspecified atom stereocenters. The maximum atomic E-state index is 13.2. The van der Waals surface area contributed by atoms with Crippen molar-refractivity contribution in [2.75, 3.05) is 22.5 Å². The maximum Gasteiger partial charge on any atom is 0.416 e. The minimum Gasteiger partial charge on any atom is -0.382 e. The minimum atomic E-state index is -4.56. The van der Waals surface area contributed by atoms with E-state index >= 15 is 0 Å². The fourth-order valence-electron chi connectivity index (χ4n) is 3.38. The van der Waals surface area contributed by atoms with E-state index in [1.54, 1.807) is 24.3 Å². The Hall–Kier alpha value is -4.15. The average Bonchev–Trinajstić information content (AvgIpc) is 2.97. The van der Waals surface area contributed by atoms with Crippen LogP contribution in [0.1, 0.15) is 17.5 Å². The molecule has 1 aliphatic rings. The van der Waals surface area contributed by atoms with Crippen LogP contribution in [0.15, 0.2) is 59.9 Å². The predicted molar refractivity (Wildman–Crippen MR) is 115 cm³/mol. The van der Waals surface area contributed by atoms with Crippen molar-refractivity contribution in [3.8, 4) is 0 Å². The number of nitrogen functional groups attached to an aromatic ring is 1. The molecule has 0 atom stereocenters. The summed E-state index contributed by atoms with van der Waals surface area (Å²) < 4.78 is 39.5. The van der Waals surface area contributed by atoms with Crippen LogP contribution in [0.4, 0.5) is 46.7 Å². The number of aliphatic imine (C=N–C) groups is 1. The summed E-state index contributed by atoms with van der Waals surface area (Å²) in [7, 11) is 0. The summed E-state index contributed by atoms with van der Waals surface area (Å²) >= 11 is 0. The van der Waals surface area contributed by atoms with Crippen LogP contribution < -0.4 is 21.7 Å². The first-order valence-electron chi connectivity index (χ1n) is 9.53. The smallest absolute Gasteiger partial charge is 0.382 e. The van der Waals surface area contributed by atoms with Gasteiger partial charge in [-0.25, -0.2) is 19.8 Å². The molecule has 0 radical (unpaired) electrons. The summed E-state index contributed by atoms with van der Waals surface area (Å²) in [5.41, 5.74) is 12.6. The molecule has 1 aromatic heterocycles. The Balaban J connectivity index is 1.76. The first kappa shape index (κ1) is 21.1. The first-order chi connectivity index (χ1) is 15.2. The first-order valence-corrected chi connectivity index (χ1v) is 9.53. The average molecular weight is 441 g/mol. The zero-order valence-corrected chi connectivity index (χ0v) is 16.6. The van der Waals surface area contributed by atoms with Gasteiger partial charge < -0.3 is 16.8 Å². The molecule has 164 valence electrons. The number of urea groups is 1. The van der Waals surface area contributed by atoms with Crippen LogP contribution in [-0.2, 0) is 6.18 Å². The van der Waals surface area contributed by atoms with Crippen molar-refractivity contribution in [2.45, 2.75) is 12.6 Å². The van der Waals surface area contributed by atoms with Crippen LogP contribution in [0.25, 0.3) is 0 Å². The third-order valence-corrected chi connectivity index (χ3v) is 4.84. The van der Waals surface area contributed by atoms with E-state index in [-0.39, 0.29) is 11.5 Å². The molecule has 1 aliphatic heterocycles. The second kappa shape index (κ2) is 8.17. The van der Waals surface area contributed by atoms with Gasteiger partial charge in [-0.3, -0.25) is 4.90 Å². The molecule has 2 aromatic carbocycles. The minimum absolute atomic E-state index is 0.00284. The van der Waals surface area contributed by atoms with E-state index in [1.165, 1.54) is 18.5 Å². The Kier molecular flexibility index (Phi) is 5.39. The number of amides is 2. The number of hydrogen-bond acceptors (Lipinski definition) is 6. The van der Waals surface area contributed by atoms with E-state index < -0.39 is 17.8 Å². The molecule has 0 fully saturated rings. The number of halogens is 3. The van der Waals surface area contributed by atoms with Gasteiger partial charge >= 0.3 is 12.2 Å². The van der Waals surface area contributed by atoms with Gasteiger partial charge in [0.25, 0.3) is 0 Å². The zero-order valence-electron chi connectivity index (χ0n) is 16.6. The standard InChI is InChI=1S/C21H18F3N7O/c22-21(23,24)13-4-2-6-15(10-13)31(20(26)32)14-5-1-3-12(9-14)16-7-8-27-19-17(30-16)18(25)28-11-29-19/h1-6,9-11H,7-8H2,(H2,26,32)(H3,25,27,28,29). The monoisotopic (exact) mass is 441 g/mol. The van der Waals surface area contributed by atoms with E-state index in [0.717, 1.165) is 17.0 Å². The number of nitrogens with two attached hydrogens (primary N) is 2. The van der Waals surface area contributed by atoms with Crippen LogP contribution in [0.3, 0.4) is 0 Å². The molecule has 11 heteroatoms. The van der Waals surface area contributed by atoms with E-state index in [2.05, 4.69) is 20.3 Å². The van der Waals surface area contributed by atoms with Crippen LogP contribution in [0.2, 0.25) is 0 Å². The van der Waals surface area contributed by atoms with E-state index in [1.807, 2.05) is 0 Å². The Morgan fingerprint density at radius 3 is 2.50 bits per heavy atom. The number of primary amides is 1. The molecular formula is C21H18F3N7O. The van der Waals surface area contributed by atoms with Crippen molar-refractivity contribution in [3.63, 3.8) is 0 Å². The van der Waals surface area contributed by atoms with Gasteiger partial charge in [0, 0.05) is 13.0 Å². The molecular weight excluding hydrogens is 423 g/mol. The van der Waals surface area contributed by atoms with Gasteiger partial charge in [-0.2, -0.15) is 13.2 Å². The van der Waals surface area contributed by atoms with Gasteiger partial charge in [0.2, 0.25) is 0 Å². The number of carbonyl (C=O) groups is 1. The molecule has 2 heterocycles. The fraction of sp³-hybridized carbons (Fsp3) is 0.143. The summed E-state index contributed by atoms with van der Waals surface area (Å²) in [5.74, 6) is 0.715. The number of fused-ring (bicyclic) bond motifs is 1. The molecule has 4 rings (SSSR count). The number of aromatic nitrogens is 2. The zero-order chi connectivity index (χ0) is 22.9. The van der Waals surface area contributed by atoms with Gasteiger partial charge in [0.1, 0.15) is 12.0 Å². The van der Waals surface area contributed by atoms with E-state index in [0.29, 0.717) is 41.4 Å². The number of hydrogen-bond donors (Lipinski definition) is 3. The number of rotatable bonds is 3. The summed E-state index contributed by atoms with van der Waals surface area (Å²) in [6, 6.07) is 10.1. The topological polar surface area (TPSA) is 123 Å². The van der Waals surface area contributed by atoms with Gasteiger partial charge in [0.05, 0.1) is 22.6 Å². The Labute approximate surface area is 180 Å². The molecule has 32 heavy (non-hydrogen) atoms. The van der Waals surface area contributed by atoms with Crippen molar-refractivity contribution in [3.05, 3.63) is 66.0 Å². The Morgan fingerprint density at radius 1 is 1.06 bits per heavy atom. The van der Waals surface area contributed by atoms with Gasteiger partial charge in [-0.1, -0.05) is 18.2 Å². The quantitative estimate of drug-likeness (QED) is 0.561. The summed E-state index contributed by atoms with van der Waals surface area (Å²) in [5, 5.41) is 3.13. The van der Waals surface area contributed by atoms with Crippen LogP contribution in [0.5, 0.6) is 0 Å². The lowest BCUT2D eigenvalue weighted by Crippen LogP contribution is -2.31. The lowest BCUT2D eigenvalue weighted by atomic mass is 10.1. The number of alkyl halides is 3. The van der Waals surface area contributed by atoms with Gasteiger partial charge in [-0.15, -0.1) is 0 Å². The highest BCUT2D eigenvalue weighted by atomic mass is 19.4. The van der Waals surface area contributed by atoms with E-state index in [9.17, 15) is 18.0 Å².